The highest BCUT2D eigenvalue weighted by molar-refractivity contribution is 7.22. The van der Waals surface area contributed by atoms with E-state index in [1.807, 2.05) is 6.07 Å². The molecule has 0 aromatic carbocycles. The molecule has 6 heteroatoms. The fraction of sp³-hybridized carbons (Fsp3) is 0.600. The van der Waals surface area contributed by atoms with Gasteiger partial charge in [-0.15, -0.1) is 11.3 Å². The Balaban J connectivity index is 2.05. The van der Waals surface area contributed by atoms with Gasteiger partial charge in [0.2, 0.25) is 0 Å². The van der Waals surface area contributed by atoms with Crippen molar-refractivity contribution in [1.82, 2.24) is 4.90 Å². The van der Waals surface area contributed by atoms with Crippen LogP contribution in [0, 0.1) is 0 Å². The molecule has 0 radical (unpaired) electrons. The normalized spacial score (nSPS) is 23.6. The molecule has 1 aliphatic heterocycles. The Hall–Kier alpha value is -0.395. The van der Waals surface area contributed by atoms with Crippen LogP contribution in [0.3, 0.4) is 0 Å². The van der Waals surface area contributed by atoms with Gasteiger partial charge in [0.1, 0.15) is 0 Å². The predicted octanol–water partition coefficient (Wildman–Crippen LogP) is -0.445. The summed E-state index contributed by atoms with van der Waals surface area (Å²) >= 11 is 1.41. The van der Waals surface area contributed by atoms with Gasteiger partial charge in [-0.25, -0.2) is 0 Å². The number of β-amino-alcohol motifs (C(OH)–C–C–N with tert-alkyl or cyclic N) is 1. The van der Waals surface area contributed by atoms with Gasteiger partial charge in [0.25, 0.3) is 0 Å². The highest BCUT2D eigenvalue weighted by Gasteiger charge is 2.26. The number of hydrogen-bond donors (Lipinski definition) is 3. The van der Waals surface area contributed by atoms with Crippen molar-refractivity contribution in [3.05, 3.63) is 17.0 Å². The Kier molecular flexibility index (Phi) is 3.66. The lowest BCUT2D eigenvalue weighted by atomic mass is 9.90. The number of hydrogen-bond acceptors (Lipinski definition) is 5. The lowest BCUT2D eigenvalue weighted by Crippen LogP contribution is -2.27. The van der Waals surface area contributed by atoms with Crippen LogP contribution in [0.5, 0.6) is 0 Å². The van der Waals surface area contributed by atoms with Gasteiger partial charge in [-0.2, -0.15) is 0 Å². The van der Waals surface area contributed by atoms with Crippen molar-refractivity contribution < 1.29 is 15.2 Å². The molecule has 0 spiro atoms. The van der Waals surface area contributed by atoms with E-state index in [1.165, 1.54) is 11.3 Å². The molecular formula is C10H16BNO3S. The minimum Gasteiger partial charge on any atom is -0.423 e. The third kappa shape index (κ3) is 2.47. The minimum absolute atomic E-state index is 0.217. The van der Waals surface area contributed by atoms with Gasteiger partial charge >= 0.3 is 7.12 Å². The van der Waals surface area contributed by atoms with Crippen LogP contribution in [0.2, 0.25) is 0 Å². The number of aliphatic hydroxyl groups excluding tert-OH is 1. The third-order valence-corrected chi connectivity index (χ3v) is 4.35. The van der Waals surface area contributed by atoms with E-state index in [2.05, 4.69) is 11.8 Å². The molecule has 1 aromatic rings. The van der Waals surface area contributed by atoms with Gasteiger partial charge in [-0.1, -0.05) is 6.07 Å². The number of thiophene rings is 1. The third-order valence-electron chi connectivity index (χ3n) is 3.06. The van der Waals surface area contributed by atoms with Crippen LogP contribution in [-0.4, -0.2) is 46.4 Å². The maximum Gasteiger partial charge on any atom is 0.499 e. The highest BCUT2D eigenvalue weighted by Crippen LogP contribution is 2.27. The monoisotopic (exact) mass is 241 g/mol. The maximum atomic E-state index is 9.47. The molecule has 1 aromatic heterocycles. The van der Waals surface area contributed by atoms with Crippen LogP contribution in [0.4, 0.5) is 0 Å². The van der Waals surface area contributed by atoms with E-state index in [0.717, 1.165) is 17.8 Å². The summed E-state index contributed by atoms with van der Waals surface area (Å²) in [6.45, 7) is 3.69. The first kappa shape index (κ1) is 12.1. The average molecular weight is 241 g/mol. The maximum absolute atomic E-state index is 9.47. The zero-order chi connectivity index (χ0) is 11.7. The van der Waals surface area contributed by atoms with Gasteiger partial charge in [-0.3, -0.25) is 4.90 Å². The molecule has 2 heterocycles. The predicted molar refractivity (Wildman–Crippen MR) is 64.8 cm³/mol. The summed E-state index contributed by atoms with van der Waals surface area (Å²) in [5.74, 6) is 0. The molecule has 4 nitrogen and oxygen atoms in total. The molecule has 0 aliphatic carbocycles. The summed E-state index contributed by atoms with van der Waals surface area (Å²) in [5.41, 5.74) is 0. The van der Waals surface area contributed by atoms with Crippen LogP contribution >= 0.6 is 11.3 Å². The molecule has 3 N–H and O–H groups in total. The van der Waals surface area contributed by atoms with Crippen LogP contribution in [0.1, 0.15) is 24.3 Å². The van der Waals surface area contributed by atoms with Crippen molar-refractivity contribution in [2.45, 2.75) is 25.5 Å². The molecule has 88 valence electrons. The zero-order valence-corrected chi connectivity index (χ0v) is 10.0. The Morgan fingerprint density at radius 3 is 2.75 bits per heavy atom. The van der Waals surface area contributed by atoms with E-state index in [0.29, 0.717) is 11.3 Å². The van der Waals surface area contributed by atoms with Gasteiger partial charge < -0.3 is 15.2 Å². The van der Waals surface area contributed by atoms with Crippen molar-refractivity contribution in [1.29, 1.82) is 0 Å². The number of rotatable bonds is 3. The summed E-state index contributed by atoms with van der Waals surface area (Å²) < 4.78 is 0.571. The van der Waals surface area contributed by atoms with E-state index >= 15 is 0 Å². The van der Waals surface area contributed by atoms with Gasteiger partial charge in [0, 0.05) is 28.8 Å². The second kappa shape index (κ2) is 4.85. The first-order valence-corrected chi connectivity index (χ1v) is 6.27. The molecule has 1 fully saturated rings. The van der Waals surface area contributed by atoms with Crippen molar-refractivity contribution in [2.24, 2.45) is 0 Å². The van der Waals surface area contributed by atoms with Gasteiger partial charge in [-0.05, 0) is 19.4 Å². The SMILES string of the molecule is C[C@H](c1ccc(B(O)O)s1)N1CC[C@H](O)C1. The van der Waals surface area contributed by atoms with Crippen molar-refractivity contribution in [3.63, 3.8) is 0 Å². The van der Waals surface area contributed by atoms with Crippen LogP contribution in [0.25, 0.3) is 0 Å². The van der Waals surface area contributed by atoms with Crippen LogP contribution < -0.4 is 4.78 Å². The summed E-state index contributed by atoms with van der Waals surface area (Å²) in [6.07, 6.45) is 0.607. The first-order chi connectivity index (χ1) is 7.58. The highest BCUT2D eigenvalue weighted by atomic mass is 32.1. The minimum atomic E-state index is -1.38. The number of aliphatic hydroxyl groups is 1. The molecule has 1 aliphatic rings. The molecule has 1 saturated heterocycles. The first-order valence-electron chi connectivity index (χ1n) is 5.46. The number of likely N-dealkylation sites (tertiary alicyclic amines) is 1. The fourth-order valence-electron chi connectivity index (χ4n) is 2.03. The fourth-order valence-corrected chi connectivity index (χ4v) is 3.00. The molecule has 0 saturated carbocycles. The molecule has 0 unspecified atom stereocenters. The molecule has 2 rings (SSSR count). The molecule has 0 bridgehead atoms. The summed E-state index contributed by atoms with van der Waals surface area (Å²) in [5, 5.41) is 27.5. The van der Waals surface area contributed by atoms with Crippen molar-refractivity contribution in [3.8, 4) is 0 Å². The van der Waals surface area contributed by atoms with Gasteiger partial charge in [0.05, 0.1) is 6.10 Å². The van der Waals surface area contributed by atoms with Gasteiger partial charge in [0.15, 0.2) is 0 Å². The van der Waals surface area contributed by atoms with Crippen molar-refractivity contribution >= 4 is 23.2 Å². The Labute approximate surface area is 99.3 Å². The van der Waals surface area contributed by atoms with E-state index in [1.54, 1.807) is 6.07 Å². The van der Waals surface area contributed by atoms with Crippen LogP contribution in [-0.2, 0) is 0 Å². The molecule has 2 atom stereocenters. The summed E-state index contributed by atoms with van der Waals surface area (Å²) in [6, 6.07) is 3.90. The number of nitrogens with zero attached hydrogens (tertiary/aromatic N) is 1. The zero-order valence-electron chi connectivity index (χ0n) is 9.21. The van der Waals surface area contributed by atoms with Crippen LogP contribution in [0.15, 0.2) is 12.1 Å². The second-order valence-electron chi connectivity index (χ2n) is 4.23. The van der Waals surface area contributed by atoms with E-state index < -0.39 is 7.12 Å². The second-order valence-corrected chi connectivity index (χ2v) is 5.37. The van der Waals surface area contributed by atoms with E-state index in [4.69, 9.17) is 10.0 Å². The Morgan fingerprint density at radius 2 is 2.25 bits per heavy atom. The lowest BCUT2D eigenvalue weighted by molar-refractivity contribution is 0.164. The quantitative estimate of drug-likeness (QED) is 0.627. The largest absolute Gasteiger partial charge is 0.499 e. The summed E-state index contributed by atoms with van der Waals surface area (Å²) in [7, 11) is -1.38. The molecular weight excluding hydrogens is 225 g/mol. The Morgan fingerprint density at radius 1 is 1.50 bits per heavy atom. The van der Waals surface area contributed by atoms with E-state index in [-0.39, 0.29) is 12.1 Å². The standard InChI is InChI=1S/C10H16BNO3S/c1-7(12-5-4-8(13)6-12)9-2-3-10(16-9)11(14)15/h2-3,7-8,13-15H,4-6H2,1H3/t7-,8+/m1/s1. The topological polar surface area (TPSA) is 63.9 Å². The summed E-state index contributed by atoms with van der Waals surface area (Å²) in [4.78, 5) is 3.32. The molecule has 0 amide bonds. The smallest absolute Gasteiger partial charge is 0.423 e. The average Bonchev–Trinajstić information content (AvgIpc) is 2.84. The lowest BCUT2D eigenvalue weighted by Gasteiger charge is -2.22. The van der Waals surface area contributed by atoms with E-state index in [9.17, 15) is 5.11 Å². The van der Waals surface area contributed by atoms with Crippen molar-refractivity contribution in [2.75, 3.05) is 13.1 Å². The molecule has 16 heavy (non-hydrogen) atoms. The Bertz CT molecular complexity index is 358.